The van der Waals surface area contributed by atoms with E-state index in [4.69, 9.17) is 24.7 Å². The lowest BCUT2D eigenvalue weighted by Gasteiger charge is -2.12. The van der Waals surface area contributed by atoms with E-state index in [1.807, 2.05) is 0 Å². The van der Waals surface area contributed by atoms with E-state index in [2.05, 4.69) is 5.32 Å². The Hall–Kier alpha value is -4.01. The number of carbonyl (C=O) groups excluding carboxylic acids is 1. The fourth-order valence-electron chi connectivity index (χ4n) is 2.49. The second-order valence-electron chi connectivity index (χ2n) is 5.97. The minimum absolute atomic E-state index is 0.0365. The van der Waals surface area contributed by atoms with Crippen LogP contribution in [-0.4, -0.2) is 30.7 Å². The number of furan rings is 1. The van der Waals surface area contributed by atoms with Crippen molar-refractivity contribution in [3.8, 4) is 5.75 Å². The minimum atomic E-state index is -2.66. The van der Waals surface area contributed by atoms with Gasteiger partial charge in [-0.3, -0.25) is 15.6 Å². The van der Waals surface area contributed by atoms with Gasteiger partial charge in [0.25, 0.3) is 18.2 Å². The van der Waals surface area contributed by atoms with Crippen LogP contribution in [0.25, 0.3) is 0 Å². The average Bonchev–Trinajstić information content (AvgIpc) is 3.27. The minimum Gasteiger partial charge on any atom is -0.487 e. The Labute approximate surface area is 170 Å². The number of ether oxygens (including phenoxy) is 2. The van der Waals surface area contributed by atoms with Crippen molar-refractivity contribution in [3.05, 3.63) is 83.8 Å². The lowest BCUT2D eigenvalue weighted by atomic mass is 10.1. The third kappa shape index (κ3) is 5.28. The molecule has 3 N–H and O–H groups in total. The van der Waals surface area contributed by atoms with Gasteiger partial charge in [0, 0.05) is 11.3 Å². The van der Waals surface area contributed by atoms with Gasteiger partial charge in [0.15, 0.2) is 5.76 Å². The van der Waals surface area contributed by atoms with Gasteiger partial charge < -0.3 is 19.2 Å². The van der Waals surface area contributed by atoms with E-state index in [-0.39, 0.29) is 28.9 Å². The van der Waals surface area contributed by atoms with Crippen LogP contribution in [0.15, 0.2) is 71.3 Å². The van der Waals surface area contributed by atoms with E-state index in [9.17, 15) is 13.6 Å². The van der Waals surface area contributed by atoms with Crippen molar-refractivity contribution in [3.63, 3.8) is 0 Å². The summed E-state index contributed by atoms with van der Waals surface area (Å²) in [5.74, 6) is -0.996. The third-order valence-corrected chi connectivity index (χ3v) is 3.83. The molecule has 0 radical (unpaired) electrons. The van der Waals surface area contributed by atoms with Crippen molar-refractivity contribution >= 4 is 23.4 Å². The number of nitrogens with one attached hydrogen (secondary N) is 3. The molecule has 0 spiro atoms. The van der Waals surface area contributed by atoms with Gasteiger partial charge >= 0.3 is 0 Å². The highest BCUT2D eigenvalue weighted by Gasteiger charge is 2.15. The summed E-state index contributed by atoms with van der Waals surface area (Å²) in [6, 6.07) is 15.4. The molecule has 0 aliphatic carbocycles. The smallest absolute Gasteiger partial charge is 0.272 e. The maximum atomic E-state index is 12.6. The lowest BCUT2D eigenvalue weighted by Crippen LogP contribution is -2.16. The van der Waals surface area contributed by atoms with Crippen molar-refractivity contribution in [2.45, 2.75) is 6.43 Å². The molecular weight excluding hydrogens is 396 g/mol. The molecule has 0 saturated carbocycles. The molecule has 30 heavy (non-hydrogen) atoms. The van der Waals surface area contributed by atoms with Crippen LogP contribution in [0.3, 0.4) is 0 Å². The topological polar surface area (TPSA) is 108 Å². The number of alkyl halides is 2. The number of hydrogen-bond donors (Lipinski definition) is 3. The molecule has 0 unspecified atom stereocenters. The summed E-state index contributed by atoms with van der Waals surface area (Å²) >= 11 is 0. The Morgan fingerprint density at radius 3 is 2.57 bits per heavy atom. The maximum absolute atomic E-state index is 12.6. The standard InChI is InChI=1S/C21H17F2N3O4/c22-18(23)12-29-16-8-2-1-7-15(16)21(27)26-14-6-3-5-13(11-14)19(24)30-20(25)17-9-4-10-28-17/h1-11,18,24-25H,12H2,(H,26,27). The molecule has 154 valence electrons. The van der Waals surface area contributed by atoms with E-state index in [0.717, 1.165) is 0 Å². The number of carbonyl (C=O) groups is 1. The average molecular weight is 413 g/mol. The lowest BCUT2D eigenvalue weighted by molar-refractivity contribution is 0.0803. The van der Waals surface area contributed by atoms with Gasteiger partial charge in [0.05, 0.1) is 11.8 Å². The first kappa shape index (κ1) is 20.7. The summed E-state index contributed by atoms with van der Waals surface area (Å²) in [4.78, 5) is 12.6. The van der Waals surface area contributed by atoms with Crippen molar-refractivity contribution in [1.82, 2.24) is 0 Å². The number of benzene rings is 2. The molecule has 0 aliphatic heterocycles. The normalized spacial score (nSPS) is 10.5. The highest BCUT2D eigenvalue weighted by atomic mass is 19.3. The molecule has 7 nitrogen and oxygen atoms in total. The number of hydrogen-bond acceptors (Lipinski definition) is 6. The summed E-state index contributed by atoms with van der Waals surface area (Å²) in [6.07, 6.45) is -1.28. The van der Waals surface area contributed by atoms with Gasteiger partial charge in [-0.2, -0.15) is 0 Å². The summed E-state index contributed by atoms with van der Waals surface area (Å²) < 4.78 is 40.1. The fourth-order valence-corrected chi connectivity index (χ4v) is 2.49. The van der Waals surface area contributed by atoms with Crippen LogP contribution >= 0.6 is 0 Å². The van der Waals surface area contributed by atoms with Crippen LogP contribution in [0, 0.1) is 10.8 Å². The first-order valence-corrected chi connectivity index (χ1v) is 8.74. The van der Waals surface area contributed by atoms with Crippen LogP contribution in [0.2, 0.25) is 0 Å². The maximum Gasteiger partial charge on any atom is 0.272 e. The Morgan fingerprint density at radius 1 is 1.03 bits per heavy atom. The van der Waals surface area contributed by atoms with Crippen LogP contribution in [0.5, 0.6) is 5.75 Å². The monoisotopic (exact) mass is 413 g/mol. The van der Waals surface area contributed by atoms with Crippen molar-refractivity contribution in [2.75, 3.05) is 11.9 Å². The quantitative estimate of drug-likeness (QED) is 0.390. The zero-order valence-corrected chi connectivity index (χ0v) is 15.5. The van der Waals surface area contributed by atoms with E-state index in [1.54, 1.807) is 36.4 Å². The molecule has 0 bridgehead atoms. The zero-order chi connectivity index (χ0) is 21.5. The van der Waals surface area contributed by atoms with Crippen molar-refractivity contribution in [1.29, 1.82) is 10.8 Å². The summed E-state index contributed by atoms with van der Waals surface area (Å²) in [5.41, 5.74) is 0.750. The second kappa shape index (κ2) is 9.46. The van der Waals surface area contributed by atoms with Crippen molar-refractivity contribution < 1.29 is 27.5 Å². The molecule has 0 fully saturated rings. The molecule has 3 rings (SSSR count). The SMILES string of the molecule is N=C(OC(=N)c1ccco1)c1cccc(NC(=O)c2ccccc2OCC(F)F)c1. The Bertz CT molecular complexity index is 1050. The number of para-hydroxylation sites is 1. The van der Waals surface area contributed by atoms with Crippen molar-refractivity contribution in [2.24, 2.45) is 0 Å². The molecule has 0 atom stereocenters. The zero-order valence-electron chi connectivity index (χ0n) is 15.5. The summed E-state index contributed by atoms with van der Waals surface area (Å²) in [5, 5.41) is 18.5. The number of halogens is 2. The highest BCUT2D eigenvalue weighted by molar-refractivity contribution is 6.07. The molecule has 1 heterocycles. The van der Waals surface area contributed by atoms with Gasteiger partial charge in [0.2, 0.25) is 5.90 Å². The largest absolute Gasteiger partial charge is 0.487 e. The van der Waals surface area contributed by atoms with Gasteiger partial charge in [-0.05, 0) is 42.5 Å². The predicted octanol–water partition coefficient (Wildman–Crippen LogP) is 4.54. The number of anilines is 1. The van der Waals surface area contributed by atoms with Crippen LogP contribution in [0.4, 0.5) is 14.5 Å². The van der Waals surface area contributed by atoms with Gasteiger partial charge in [-0.15, -0.1) is 0 Å². The second-order valence-corrected chi connectivity index (χ2v) is 5.97. The summed E-state index contributed by atoms with van der Waals surface area (Å²) in [6.45, 7) is -0.824. The van der Waals surface area contributed by atoms with E-state index in [0.29, 0.717) is 11.3 Å². The fraction of sp³-hybridized carbons (Fsp3) is 0.0952. The molecule has 0 saturated heterocycles. The number of amides is 1. The first-order chi connectivity index (χ1) is 14.4. The summed E-state index contributed by atoms with van der Waals surface area (Å²) in [7, 11) is 0. The van der Waals surface area contributed by atoms with Crippen LogP contribution in [-0.2, 0) is 4.74 Å². The van der Waals surface area contributed by atoms with Gasteiger partial charge in [-0.1, -0.05) is 18.2 Å². The molecule has 2 aromatic carbocycles. The molecule has 0 aliphatic rings. The number of rotatable bonds is 7. The molecule has 1 amide bonds. The molecule has 1 aromatic heterocycles. The van der Waals surface area contributed by atoms with E-state index in [1.165, 1.54) is 30.5 Å². The first-order valence-electron chi connectivity index (χ1n) is 8.74. The van der Waals surface area contributed by atoms with Gasteiger partial charge in [0.1, 0.15) is 12.4 Å². The Morgan fingerprint density at radius 2 is 1.83 bits per heavy atom. The van der Waals surface area contributed by atoms with Crippen LogP contribution < -0.4 is 10.1 Å². The molecule has 3 aromatic rings. The molecular formula is C21H17F2N3O4. The van der Waals surface area contributed by atoms with Gasteiger partial charge in [-0.25, -0.2) is 8.78 Å². The molecule has 9 heteroatoms. The Kier molecular flexibility index (Phi) is 6.53. The van der Waals surface area contributed by atoms with Crippen LogP contribution in [0.1, 0.15) is 21.7 Å². The highest BCUT2D eigenvalue weighted by Crippen LogP contribution is 2.21. The third-order valence-electron chi connectivity index (χ3n) is 3.83. The predicted molar refractivity (Wildman–Crippen MR) is 106 cm³/mol. The van der Waals surface area contributed by atoms with E-state index < -0.39 is 18.9 Å². The Balaban J connectivity index is 1.70. The van der Waals surface area contributed by atoms with E-state index >= 15 is 0 Å².